The van der Waals surface area contributed by atoms with Crippen molar-refractivity contribution in [3.63, 3.8) is 0 Å². The van der Waals surface area contributed by atoms with Gasteiger partial charge in [0.15, 0.2) is 0 Å². The van der Waals surface area contributed by atoms with E-state index in [1.54, 1.807) is 6.92 Å². The SMILES string of the molecule is C/C(N)=C(/CC(N)=O)C(C)C. The zero-order valence-electron chi connectivity index (χ0n) is 7.35. The fraction of sp³-hybridized carbons (Fsp3) is 0.625. The summed E-state index contributed by atoms with van der Waals surface area (Å²) in [6.07, 6.45) is 0.278. The number of amides is 1. The van der Waals surface area contributed by atoms with Gasteiger partial charge in [0.2, 0.25) is 5.91 Å². The van der Waals surface area contributed by atoms with Crippen molar-refractivity contribution in [3.05, 3.63) is 11.3 Å². The van der Waals surface area contributed by atoms with Crippen LogP contribution in [0.25, 0.3) is 0 Å². The van der Waals surface area contributed by atoms with E-state index in [1.165, 1.54) is 0 Å². The third-order valence-corrected chi connectivity index (χ3v) is 1.57. The number of primary amides is 1. The average Bonchev–Trinajstić information content (AvgIpc) is 1.81. The zero-order valence-corrected chi connectivity index (χ0v) is 7.35. The molecule has 0 spiro atoms. The third-order valence-electron chi connectivity index (χ3n) is 1.57. The largest absolute Gasteiger partial charge is 0.402 e. The Bertz CT molecular complexity index is 179. The molecule has 0 aliphatic heterocycles. The summed E-state index contributed by atoms with van der Waals surface area (Å²) >= 11 is 0. The highest BCUT2D eigenvalue weighted by Crippen LogP contribution is 2.15. The Labute approximate surface area is 67.4 Å². The molecule has 3 heteroatoms. The molecule has 4 N–H and O–H groups in total. The minimum absolute atomic E-state index is 0.278. The van der Waals surface area contributed by atoms with Gasteiger partial charge in [-0.25, -0.2) is 0 Å². The van der Waals surface area contributed by atoms with Crippen molar-refractivity contribution in [2.24, 2.45) is 17.4 Å². The maximum absolute atomic E-state index is 10.6. The molecule has 64 valence electrons. The van der Waals surface area contributed by atoms with Gasteiger partial charge in [0.05, 0.1) is 0 Å². The molecule has 0 aromatic carbocycles. The smallest absolute Gasteiger partial charge is 0.221 e. The van der Waals surface area contributed by atoms with Gasteiger partial charge in [-0.3, -0.25) is 4.79 Å². The molecule has 0 saturated heterocycles. The molecule has 0 bridgehead atoms. The lowest BCUT2D eigenvalue weighted by Gasteiger charge is -2.10. The van der Waals surface area contributed by atoms with Crippen LogP contribution in [0.5, 0.6) is 0 Å². The zero-order chi connectivity index (χ0) is 9.02. The Morgan fingerprint density at radius 1 is 1.36 bits per heavy atom. The summed E-state index contributed by atoms with van der Waals surface area (Å²) in [7, 11) is 0. The van der Waals surface area contributed by atoms with Crippen LogP contribution in [0.15, 0.2) is 11.3 Å². The maximum Gasteiger partial charge on any atom is 0.221 e. The second-order valence-corrected chi connectivity index (χ2v) is 3.01. The lowest BCUT2D eigenvalue weighted by molar-refractivity contribution is -0.117. The molecule has 0 unspecified atom stereocenters. The van der Waals surface area contributed by atoms with Gasteiger partial charge < -0.3 is 11.5 Å². The first-order valence-corrected chi connectivity index (χ1v) is 3.68. The number of hydrogen-bond donors (Lipinski definition) is 2. The van der Waals surface area contributed by atoms with Gasteiger partial charge in [0, 0.05) is 12.1 Å². The predicted molar refractivity (Wildman–Crippen MR) is 45.5 cm³/mol. The number of hydrogen-bond acceptors (Lipinski definition) is 2. The van der Waals surface area contributed by atoms with E-state index in [9.17, 15) is 4.79 Å². The van der Waals surface area contributed by atoms with Crippen molar-refractivity contribution in [3.8, 4) is 0 Å². The topological polar surface area (TPSA) is 69.1 Å². The molecule has 0 aliphatic carbocycles. The normalized spacial score (nSPS) is 13.1. The minimum atomic E-state index is -0.321. The highest BCUT2D eigenvalue weighted by atomic mass is 16.1. The summed E-state index contributed by atoms with van der Waals surface area (Å²) in [5.41, 5.74) is 12.2. The number of carbonyl (C=O) groups excluding carboxylic acids is 1. The summed E-state index contributed by atoms with van der Waals surface area (Å²) in [6.45, 7) is 5.78. The van der Waals surface area contributed by atoms with E-state index in [-0.39, 0.29) is 12.3 Å². The Morgan fingerprint density at radius 2 is 1.82 bits per heavy atom. The van der Waals surface area contributed by atoms with Crippen molar-refractivity contribution in [2.75, 3.05) is 0 Å². The Kier molecular flexibility index (Phi) is 3.65. The number of rotatable bonds is 3. The first-order valence-electron chi connectivity index (χ1n) is 3.68. The molecule has 0 saturated carbocycles. The standard InChI is InChI=1S/C8H16N2O/c1-5(2)7(6(3)9)4-8(10)11/h5H,4,9H2,1-3H3,(H2,10,11)/b7-6+. The first-order chi connectivity index (χ1) is 4.95. The van der Waals surface area contributed by atoms with Crippen LogP contribution in [-0.2, 0) is 4.79 Å². The van der Waals surface area contributed by atoms with Crippen LogP contribution in [0.1, 0.15) is 27.2 Å². The molecule has 0 fully saturated rings. The van der Waals surface area contributed by atoms with Crippen molar-refractivity contribution < 1.29 is 4.79 Å². The van der Waals surface area contributed by atoms with E-state index in [0.717, 1.165) is 5.57 Å². The lowest BCUT2D eigenvalue weighted by atomic mass is 9.98. The Balaban J connectivity index is 4.38. The van der Waals surface area contributed by atoms with E-state index >= 15 is 0 Å². The van der Waals surface area contributed by atoms with E-state index < -0.39 is 0 Å². The van der Waals surface area contributed by atoms with E-state index in [4.69, 9.17) is 11.5 Å². The van der Waals surface area contributed by atoms with Gasteiger partial charge in [0.25, 0.3) is 0 Å². The second kappa shape index (κ2) is 4.01. The highest BCUT2D eigenvalue weighted by Gasteiger charge is 2.08. The van der Waals surface area contributed by atoms with Crippen molar-refractivity contribution in [1.29, 1.82) is 0 Å². The molecular weight excluding hydrogens is 140 g/mol. The Morgan fingerprint density at radius 3 is 1.91 bits per heavy atom. The van der Waals surface area contributed by atoms with Crippen molar-refractivity contribution in [1.82, 2.24) is 0 Å². The van der Waals surface area contributed by atoms with Crippen LogP contribution in [-0.4, -0.2) is 5.91 Å². The average molecular weight is 156 g/mol. The van der Waals surface area contributed by atoms with Gasteiger partial charge in [-0.2, -0.15) is 0 Å². The summed E-state index contributed by atoms with van der Waals surface area (Å²) in [4.78, 5) is 10.6. The summed E-state index contributed by atoms with van der Waals surface area (Å²) in [5.74, 6) is -0.0222. The van der Waals surface area contributed by atoms with Crippen LogP contribution < -0.4 is 11.5 Å². The molecule has 0 aliphatic rings. The molecule has 0 radical (unpaired) electrons. The lowest BCUT2D eigenvalue weighted by Crippen LogP contribution is -2.16. The fourth-order valence-corrected chi connectivity index (χ4v) is 0.987. The van der Waals surface area contributed by atoms with E-state index in [0.29, 0.717) is 11.6 Å². The van der Waals surface area contributed by atoms with Crippen LogP contribution in [0.2, 0.25) is 0 Å². The van der Waals surface area contributed by atoms with Gasteiger partial charge in [-0.05, 0) is 18.4 Å². The quantitative estimate of drug-likeness (QED) is 0.633. The highest BCUT2D eigenvalue weighted by molar-refractivity contribution is 5.76. The monoisotopic (exact) mass is 156 g/mol. The van der Waals surface area contributed by atoms with Gasteiger partial charge >= 0.3 is 0 Å². The van der Waals surface area contributed by atoms with Crippen molar-refractivity contribution in [2.45, 2.75) is 27.2 Å². The maximum atomic E-state index is 10.6. The van der Waals surface area contributed by atoms with Crippen LogP contribution >= 0.6 is 0 Å². The van der Waals surface area contributed by atoms with Gasteiger partial charge in [-0.15, -0.1) is 0 Å². The molecule has 0 atom stereocenters. The van der Waals surface area contributed by atoms with E-state index in [2.05, 4.69) is 0 Å². The number of nitrogens with two attached hydrogens (primary N) is 2. The molecule has 0 heterocycles. The van der Waals surface area contributed by atoms with Crippen LogP contribution in [0, 0.1) is 5.92 Å². The fourth-order valence-electron chi connectivity index (χ4n) is 0.987. The number of carbonyl (C=O) groups is 1. The minimum Gasteiger partial charge on any atom is -0.402 e. The molecule has 0 aromatic heterocycles. The predicted octanol–water partition coefficient (Wildman–Crippen LogP) is 0.750. The summed E-state index contributed by atoms with van der Waals surface area (Å²) < 4.78 is 0. The molecule has 3 nitrogen and oxygen atoms in total. The summed E-state index contributed by atoms with van der Waals surface area (Å²) in [5, 5.41) is 0. The molecule has 11 heavy (non-hydrogen) atoms. The third kappa shape index (κ3) is 3.65. The second-order valence-electron chi connectivity index (χ2n) is 3.01. The summed E-state index contributed by atoms with van der Waals surface area (Å²) in [6, 6.07) is 0. The van der Waals surface area contributed by atoms with Crippen LogP contribution in [0.3, 0.4) is 0 Å². The Hall–Kier alpha value is -0.990. The van der Waals surface area contributed by atoms with Gasteiger partial charge in [0.1, 0.15) is 0 Å². The molecule has 0 rings (SSSR count). The van der Waals surface area contributed by atoms with Crippen molar-refractivity contribution >= 4 is 5.91 Å². The molecule has 1 amide bonds. The molecular formula is C8H16N2O. The first kappa shape index (κ1) is 10.0. The van der Waals surface area contributed by atoms with E-state index in [1.807, 2.05) is 13.8 Å². The van der Waals surface area contributed by atoms with Gasteiger partial charge in [-0.1, -0.05) is 13.8 Å². The number of allylic oxidation sites excluding steroid dienone is 1. The molecule has 0 aromatic rings. The van der Waals surface area contributed by atoms with Crippen LogP contribution in [0.4, 0.5) is 0 Å².